The van der Waals surface area contributed by atoms with Crippen molar-refractivity contribution in [3.8, 4) is 0 Å². The molecule has 4 atom stereocenters. The summed E-state index contributed by atoms with van der Waals surface area (Å²) < 4.78 is 0. The minimum absolute atomic E-state index is 0.0483. The number of benzene rings is 2. The molecule has 2 aromatic carbocycles. The topological polar surface area (TPSA) is 64.5 Å². The van der Waals surface area contributed by atoms with Crippen LogP contribution in [0.25, 0.3) is 0 Å². The molecule has 0 unspecified atom stereocenters. The van der Waals surface area contributed by atoms with Crippen LogP contribution in [-0.2, 0) is 0 Å². The molecule has 4 nitrogen and oxygen atoms in total. The summed E-state index contributed by atoms with van der Waals surface area (Å²) in [7, 11) is 3.30. The van der Waals surface area contributed by atoms with Crippen LogP contribution in [0.5, 0.6) is 0 Å². The normalized spacial score (nSPS) is 26.0. The van der Waals surface area contributed by atoms with Crippen LogP contribution < -0.4 is 10.6 Å². The third-order valence-corrected chi connectivity index (χ3v) is 9.20. The van der Waals surface area contributed by atoms with Crippen molar-refractivity contribution in [2.75, 3.05) is 10.6 Å². The minimum Gasteiger partial charge on any atom is -0.391 e. The molecule has 0 saturated heterocycles. The van der Waals surface area contributed by atoms with Crippen molar-refractivity contribution < 1.29 is 10.2 Å². The lowest BCUT2D eigenvalue weighted by Gasteiger charge is -2.30. The highest BCUT2D eigenvalue weighted by Crippen LogP contribution is 2.45. The predicted octanol–water partition coefficient (Wildman–Crippen LogP) is 7.22. The number of aliphatic hydroxyl groups is 2. The van der Waals surface area contributed by atoms with Crippen LogP contribution in [-0.4, -0.2) is 34.5 Å². The summed E-state index contributed by atoms with van der Waals surface area (Å²) in [6, 6.07) is 11.8. The third kappa shape index (κ3) is 6.43. The fourth-order valence-corrected chi connectivity index (χ4v) is 7.02. The van der Waals surface area contributed by atoms with E-state index in [1.807, 2.05) is 36.4 Å². The van der Waals surface area contributed by atoms with Gasteiger partial charge in [-0.3, -0.25) is 0 Å². The van der Waals surface area contributed by atoms with Gasteiger partial charge in [0.05, 0.1) is 35.7 Å². The number of hydrogen-bond acceptors (Lipinski definition) is 6. The highest BCUT2D eigenvalue weighted by atomic mass is 35.5. The van der Waals surface area contributed by atoms with Crippen LogP contribution >= 0.6 is 44.8 Å². The molecule has 2 fully saturated rings. The van der Waals surface area contributed by atoms with Crippen molar-refractivity contribution in [1.82, 2.24) is 0 Å². The maximum absolute atomic E-state index is 10.4. The number of anilines is 2. The van der Waals surface area contributed by atoms with Gasteiger partial charge in [0, 0.05) is 19.8 Å². The smallest absolute Gasteiger partial charge is 0.0741 e. The van der Waals surface area contributed by atoms with Gasteiger partial charge in [-0.15, -0.1) is 0 Å². The largest absolute Gasteiger partial charge is 0.391 e. The molecule has 4 N–H and O–H groups in total. The van der Waals surface area contributed by atoms with Crippen LogP contribution in [0, 0.1) is 0 Å². The molecule has 2 aromatic rings. The summed E-state index contributed by atoms with van der Waals surface area (Å²) in [6.45, 7) is 0. The monoisotopic (exact) mass is 512 g/mol. The Morgan fingerprint density at radius 1 is 0.656 bits per heavy atom. The summed E-state index contributed by atoms with van der Waals surface area (Å²) in [5.74, 6) is 0. The molecule has 0 aromatic heterocycles. The SMILES string of the molecule is O[C@@H]1CCCC[C@H]1Nc1cc(Cl)ccc1SSc1ccc(Cl)cc1N[C@@H]1CCCC[C@@H]1O. The molecule has 0 heterocycles. The lowest BCUT2D eigenvalue weighted by molar-refractivity contribution is 0.116. The summed E-state index contributed by atoms with van der Waals surface area (Å²) in [4.78, 5) is 2.13. The molecule has 32 heavy (non-hydrogen) atoms. The molecule has 174 valence electrons. The molecule has 0 radical (unpaired) electrons. The van der Waals surface area contributed by atoms with Crippen LogP contribution in [0.1, 0.15) is 51.4 Å². The minimum atomic E-state index is -0.331. The van der Waals surface area contributed by atoms with Gasteiger partial charge in [0.25, 0.3) is 0 Å². The standard InChI is InChI=1S/C24H30Cl2N2O2S2/c25-15-9-11-23(19(13-15)27-17-5-1-3-7-21(17)29)31-32-24-12-10-16(26)14-20(24)28-18-6-2-4-8-22(18)30/h9-14,17-18,21-22,27-30H,1-8H2/t17-,18-,21-,22+/m1/s1. The summed E-state index contributed by atoms with van der Waals surface area (Å²) in [5.41, 5.74) is 1.90. The van der Waals surface area contributed by atoms with Crippen LogP contribution in [0.15, 0.2) is 46.2 Å². The van der Waals surface area contributed by atoms with Gasteiger partial charge in [0.2, 0.25) is 0 Å². The second-order valence-electron chi connectivity index (χ2n) is 8.65. The zero-order valence-electron chi connectivity index (χ0n) is 17.9. The van der Waals surface area contributed by atoms with E-state index in [9.17, 15) is 10.2 Å². The maximum Gasteiger partial charge on any atom is 0.0741 e. The van der Waals surface area contributed by atoms with Gasteiger partial charge in [-0.05, 0) is 62.1 Å². The van der Waals surface area contributed by atoms with Crippen LogP contribution in [0.4, 0.5) is 11.4 Å². The van der Waals surface area contributed by atoms with E-state index in [-0.39, 0.29) is 24.3 Å². The van der Waals surface area contributed by atoms with Gasteiger partial charge in [-0.25, -0.2) is 0 Å². The molecule has 4 rings (SSSR count). The van der Waals surface area contributed by atoms with Crippen molar-refractivity contribution >= 4 is 56.2 Å². The van der Waals surface area contributed by atoms with E-state index in [1.165, 1.54) is 0 Å². The molecule has 0 bridgehead atoms. The first-order valence-corrected chi connectivity index (χ1v) is 14.2. The molecule has 0 aliphatic heterocycles. The Bertz CT molecular complexity index is 844. The van der Waals surface area contributed by atoms with Crippen LogP contribution in [0.2, 0.25) is 10.0 Å². The quantitative estimate of drug-likeness (QED) is 0.293. The average molecular weight is 514 g/mol. The Balaban J connectivity index is 1.48. The van der Waals surface area contributed by atoms with Gasteiger partial charge < -0.3 is 20.8 Å². The summed E-state index contributed by atoms with van der Waals surface area (Å²) in [6.07, 6.45) is 7.33. The molecule has 0 amide bonds. The van der Waals surface area contributed by atoms with Crippen molar-refractivity contribution in [3.05, 3.63) is 46.4 Å². The lowest BCUT2D eigenvalue weighted by Crippen LogP contribution is -2.36. The van der Waals surface area contributed by atoms with E-state index in [4.69, 9.17) is 23.2 Å². The fourth-order valence-electron chi connectivity index (χ4n) is 4.42. The highest BCUT2D eigenvalue weighted by molar-refractivity contribution is 8.76. The lowest BCUT2D eigenvalue weighted by atomic mass is 9.92. The Kier molecular flexibility index (Phi) is 8.82. The predicted molar refractivity (Wildman–Crippen MR) is 138 cm³/mol. The molecule has 2 aliphatic carbocycles. The Labute approximate surface area is 208 Å². The van der Waals surface area contributed by atoms with Crippen LogP contribution in [0.3, 0.4) is 0 Å². The summed E-state index contributed by atoms with van der Waals surface area (Å²) >= 11 is 12.6. The average Bonchev–Trinajstić information content (AvgIpc) is 2.77. The van der Waals surface area contributed by atoms with E-state index in [2.05, 4.69) is 10.6 Å². The van der Waals surface area contributed by atoms with E-state index in [0.29, 0.717) is 10.0 Å². The first-order chi connectivity index (χ1) is 15.5. The Morgan fingerprint density at radius 3 is 1.47 bits per heavy atom. The molecular formula is C24H30Cl2N2O2S2. The van der Waals surface area contributed by atoms with E-state index >= 15 is 0 Å². The van der Waals surface area contributed by atoms with Crippen molar-refractivity contribution in [2.24, 2.45) is 0 Å². The van der Waals surface area contributed by atoms with Gasteiger partial charge >= 0.3 is 0 Å². The molecule has 0 spiro atoms. The van der Waals surface area contributed by atoms with Gasteiger partial charge in [-0.1, -0.05) is 70.5 Å². The number of aliphatic hydroxyl groups excluding tert-OH is 2. The first-order valence-electron chi connectivity index (χ1n) is 11.3. The van der Waals surface area contributed by atoms with Gasteiger partial charge in [0.15, 0.2) is 0 Å². The highest BCUT2D eigenvalue weighted by Gasteiger charge is 2.25. The van der Waals surface area contributed by atoms with Crippen molar-refractivity contribution in [3.63, 3.8) is 0 Å². The fraction of sp³-hybridized carbons (Fsp3) is 0.500. The van der Waals surface area contributed by atoms with Gasteiger partial charge in [-0.2, -0.15) is 0 Å². The summed E-state index contributed by atoms with van der Waals surface area (Å²) in [5, 5.41) is 29.2. The third-order valence-electron chi connectivity index (χ3n) is 6.25. The Morgan fingerprint density at radius 2 is 1.06 bits per heavy atom. The molecule has 2 aliphatic rings. The number of hydrogen-bond donors (Lipinski definition) is 4. The zero-order valence-corrected chi connectivity index (χ0v) is 21.0. The molecule has 8 heteroatoms. The second-order valence-corrected chi connectivity index (χ2v) is 11.7. The zero-order chi connectivity index (χ0) is 22.5. The van der Waals surface area contributed by atoms with E-state index in [1.54, 1.807) is 21.6 Å². The maximum atomic E-state index is 10.4. The van der Waals surface area contributed by atoms with E-state index in [0.717, 1.165) is 72.5 Å². The van der Waals surface area contributed by atoms with Crippen molar-refractivity contribution in [1.29, 1.82) is 0 Å². The Hall–Kier alpha value is -0.760. The van der Waals surface area contributed by atoms with Crippen molar-refractivity contribution in [2.45, 2.75) is 85.4 Å². The molecule has 2 saturated carbocycles. The number of halogens is 2. The van der Waals surface area contributed by atoms with E-state index < -0.39 is 0 Å². The van der Waals surface area contributed by atoms with Gasteiger partial charge in [0.1, 0.15) is 0 Å². The number of nitrogens with one attached hydrogen (secondary N) is 2. The second kappa shape index (κ2) is 11.6. The first kappa shape index (κ1) is 24.4. The number of rotatable bonds is 7. The molecular weight excluding hydrogens is 483 g/mol.